The number of benzene rings is 1. The Bertz CT molecular complexity index is 493. The fourth-order valence-electron chi connectivity index (χ4n) is 1.79. The van der Waals surface area contributed by atoms with Crippen LogP contribution >= 0.6 is 11.3 Å². The molecule has 3 heteroatoms. The van der Waals surface area contributed by atoms with Crippen LogP contribution in [0.4, 0.5) is 5.69 Å². The predicted molar refractivity (Wildman–Crippen MR) is 83.1 cm³/mol. The van der Waals surface area contributed by atoms with Crippen LogP contribution in [0, 0.1) is 5.92 Å². The molecule has 0 fully saturated rings. The van der Waals surface area contributed by atoms with Crippen LogP contribution in [-0.4, -0.2) is 6.61 Å². The van der Waals surface area contributed by atoms with Gasteiger partial charge in [-0.15, -0.1) is 0 Å². The van der Waals surface area contributed by atoms with E-state index in [4.69, 9.17) is 4.74 Å². The molecule has 1 N–H and O–H groups in total. The highest BCUT2D eigenvalue weighted by Gasteiger charge is 2.06. The fraction of sp³-hybridized carbons (Fsp3) is 0.375. The Morgan fingerprint density at radius 1 is 1.21 bits per heavy atom. The zero-order valence-corrected chi connectivity index (χ0v) is 12.5. The lowest BCUT2D eigenvalue weighted by atomic mass is 10.1. The van der Waals surface area contributed by atoms with Gasteiger partial charge in [0, 0.05) is 17.8 Å². The molecule has 1 unspecified atom stereocenters. The standard InChI is InChI=1S/C16H21NOS/c1-12(2)10-18-16-6-4-5-15(9-16)17-13(3)14-7-8-19-11-14/h4-9,11-13,17H,10H2,1-3H3. The summed E-state index contributed by atoms with van der Waals surface area (Å²) in [5, 5.41) is 7.78. The second-order valence-electron chi connectivity index (χ2n) is 5.16. The summed E-state index contributed by atoms with van der Waals surface area (Å²) in [6.45, 7) is 7.23. The van der Waals surface area contributed by atoms with Gasteiger partial charge in [0.1, 0.15) is 5.75 Å². The molecule has 2 aromatic rings. The Balaban J connectivity index is 1.98. The van der Waals surface area contributed by atoms with Crippen LogP contribution in [0.15, 0.2) is 41.1 Å². The second kappa shape index (κ2) is 6.62. The number of hydrogen-bond donors (Lipinski definition) is 1. The zero-order chi connectivity index (χ0) is 13.7. The molecule has 0 aliphatic carbocycles. The zero-order valence-electron chi connectivity index (χ0n) is 11.7. The normalized spacial score (nSPS) is 12.4. The van der Waals surface area contributed by atoms with Gasteiger partial charge in [0.2, 0.25) is 0 Å². The molecular formula is C16H21NOS. The first-order valence-corrected chi connectivity index (χ1v) is 7.61. The lowest BCUT2D eigenvalue weighted by molar-refractivity contribution is 0.271. The number of thiophene rings is 1. The van der Waals surface area contributed by atoms with Gasteiger partial charge in [-0.1, -0.05) is 19.9 Å². The van der Waals surface area contributed by atoms with Crippen molar-refractivity contribution in [1.29, 1.82) is 0 Å². The van der Waals surface area contributed by atoms with Crippen molar-refractivity contribution >= 4 is 17.0 Å². The summed E-state index contributed by atoms with van der Waals surface area (Å²) in [6, 6.07) is 10.6. The molecule has 2 rings (SSSR count). The van der Waals surface area contributed by atoms with Gasteiger partial charge in [-0.2, -0.15) is 11.3 Å². The van der Waals surface area contributed by atoms with Gasteiger partial charge in [0.15, 0.2) is 0 Å². The number of ether oxygens (including phenoxy) is 1. The first-order chi connectivity index (χ1) is 9.15. The summed E-state index contributed by atoms with van der Waals surface area (Å²) in [6.07, 6.45) is 0. The molecule has 2 nitrogen and oxygen atoms in total. The minimum absolute atomic E-state index is 0.312. The maximum absolute atomic E-state index is 5.74. The van der Waals surface area contributed by atoms with Gasteiger partial charge >= 0.3 is 0 Å². The Kier molecular flexibility index (Phi) is 4.86. The van der Waals surface area contributed by atoms with Crippen molar-refractivity contribution in [3.8, 4) is 5.75 Å². The fourth-order valence-corrected chi connectivity index (χ4v) is 2.55. The van der Waals surface area contributed by atoms with Crippen molar-refractivity contribution in [1.82, 2.24) is 0 Å². The molecule has 19 heavy (non-hydrogen) atoms. The van der Waals surface area contributed by atoms with E-state index in [0.717, 1.165) is 18.0 Å². The molecule has 0 aliphatic heterocycles. The number of hydrogen-bond acceptors (Lipinski definition) is 3. The highest BCUT2D eigenvalue weighted by molar-refractivity contribution is 7.07. The molecule has 1 atom stereocenters. The average Bonchev–Trinajstić information content (AvgIpc) is 2.91. The monoisotopic (exact) mass is 275 g/mol. The molecule has 0 spiro atoms. The number of anilines is 1. The van der Waals surface area contributed by atoms with Crippen LogP contribution in [0.5, 0.6) is 5.75 Å². The predicted octanol–water partition coefficient (Wildman–Crippen LogP) is 4.96. The SMILES string of the molecule is CC(C)COc1cccc(NC(C)c2ccsc2)c1. The van der Waals surface area contributed by atoms with E-state index in [1.165, 1.54) is 5.56 Å². The largest absolute Gasteiger partial charge is 0.493 e. The summed E-state index contributed by atoms with van der Waals surface area (Å²) in [5.41, 5.74) is 2.42. The maximum Gasteiger partial charge on any atom is 0.121 e. The Morgan fingerprint density at radius 3 is 2.74 bits per heavy atom. The molecule has 0 saturated heterocycles. The van der Waals surface area contributed by atoms with E-state index < -0.39 is 0 Å². The molecule has 0 amide bonds. The lowest BCUT2D eigenvalue weighted by Gasteiger charge is -2.15. The first-order valence-electron chi connectivity index (χ1n) is 6.66. The first kappa shape index (κ1) is 13.9. The minimum atomic E-state index is 0.312. The highest BCUT2D eigenvalue weighted by atomic mass is 32.1. The van der Waals surface area contributed by atoms with E-state index in [-0.39, 0.29) is 0 Å². The molecule has 1 aromatic carbocycles. The van der Waals surface area contributed by atoms with E-state index in [1.807, 2.05) is 12.1 Å². The Hall–Kier alpha value is -1.48. The molecule has 0 radical (unpaired) electrons. The molecule has 0 saturated carbocycles. The second-order valence-corrected chi connectivity index (χ2v) is 5.94. The maximum atomic E-state index is 5.74. The van der Waals surface area contributed by atoms with Crippen molar-refractivity contribution < 1.29 is 4.74 Å². The van der Waals surface area contributed by atoms with Gasteiger partial charge in [-0.25, -0.2) is 0 Å². The summed E-state index contributed by atoms with van der Waals surface area (Å²) in [4.78, 5) is 0. The Morgan fingerprint density at radius 2 is 2.05 bits per heavy atom. The van der Waals surface area contributed by atoms with Crippen molar-refractivity contribution in [3.05, 3.63) is 46.7 Å². The summed E-state index contributed by atoms with van der Waals surface area (Å²) >= 11 is 1.73. The molecule has 102 valence electrons. The van der Waals surface area contributed by atoms with Crippen molar-refractivity contribution in [2.24, 2.45) is 5.92 Å². The van der Waals surface area contributed by atoms with Gasteiger partial charge < -0.3 is 10.1 Å². The topological polar surface area (TPSA) is 21.3 Å². The van der Waals surface area contributed by atoms with E-state index >= 15 is 0 Å². The lowest BCUT2D eigenvalue weighted by Crippen LogP contribution is -2.07. The quantitative estimate of drug-likeness (QED) is 0.805. The van der Waals surface area contributed by atoms with Crippen molar-refractivity contribution in [2.45, 2.75) is 26.8 Å². The van der Waals surface area contributed by atoms with Gasteiger partial charge in [-0.05, 0) is 47.4 Å². The van der Waals surface area contributed by atoms with Crippen LogP contribution in [0.2, 0.25) is 0 Å². The number of nitrogens with one attached hydrogen (secondary N) is 1. The third kappa shape index (κ3) is 4.28. The highest BCUT2D eigenvalue weighted by Crippen LogP contribution is 2.24. The van der Waals surface area contributed by atoms with Crippen LogP contribution in [0.25, 0.3) is 0 Å². The van der Waals surface area contributed by atoms with Crippen LogP contribution in [-0.2, 0) is 0 Å². The van der Waals surface area contributed by atoms with Crippen LogP contribution < -0.4 is 10.1 Å². The third-order valence-corrected chi connectivity index (χ3v) is 3.55. The molecule has 1 aromatic heterocycles. The number of rotatable bonds is 6. The summed E-state index contributed by atoms with van der Waals surface area (Å²) in [7, 11) is 0. The van der Waals surface area contributed by atoms with Crippen LogP contribution in [0.1, 0.15) is 32.4 Å². The van der Waals surface area contributed by atoms with Gasteiger partial charge in [0.25, 0.3) is 0 Å². The summed E-state index contributed by atoms with van der Waals surface area (Å²) in [5.74, 6) is 1.47. The minimum Gasteiger partial charge on any atom is -0.493 e. The molecule has 1 heterocycles. The van der Waals surface area contributed by atoms with E-state index in [1.54, 1.807) is 11.3 Å². The van der Waals surface area contributed by atoms with E-state index in [0.29, 0.717) is 12.0 Å². The van der Waals surface area contributed by atoms with E-state index in [2.05, 4.69) is 55.0 Å². The average molecular weight is 275 g/mol. The third-order valence-electron chi connectivity index (χ3n) is 2.84. The summed E-state index contributed by atoms with van der Waals surface area (Å²) < 4.78 is 5.74. The molecule has 0 aliphatic rings. The van der Waals surface area contributed by atoms with Gasteiger partial charge in [-0.3, -0.25) is 0 Å². The van der Waals surface area contributed by atoms with E-state index in [9.17, 15) is 0 Å². The molecular weight excluding hydrogens is 254 g/mol. The smallest absolute Gasteiger partial charge is 0.121 e. The molecule has 0 bridgehead atoms. The van der Waals surface area contributed by atoms with Crippen molar-refractivity contribution in [3.63, 3.8) is 0 Å². The Labute approximate surface area is 119 Å². The van der Waals surface area contributed by atoms with Gasteiger partial charge in [0.05, 0.1) is 6.61 Å². The van der Waals surface area contributed by atoms with Crippen LogP contribution in [0.3, 0.4) is 0 Å². The van der Waals surface area contributed by atoms with Crippen molar-refractivity contribution in [2.75, 3.05) is 11.9 Å².